The number of anilines is 3. The van der Waals surface area contributed by atoms with E-state index in [1.54, 1.807) is 0 Å². The summed E-state index contributed by atoms with van der Waals surface area (Å²) in [6.45, 7) is 0. The van der Waals surface area contributed by atoms with E-state index in [9.17, 15) is 0 Å². The summed E-state index contributed by atoms with van der Waals surface area (Å²) in [7, 11) is 0. The first kappa shape index (κ1) is 42.8. The minimum absolute atomic E-state index is 1.08. The molecule has 2 heteroatoms. The predicted molar refractivity (Wildman–Crippen MR) is 307 cm³/mol. The molecule has 11 aromatic carbocycles. The third-order valence-electron chi connectivity index (χ3n) is 14.4. The number of hydrogen-bond acceptors (Lipinski definition) is 1. The Hall–Kier alpha value is -9.24. The van der Waals surface area contributed by atoms with Crippen molar-refractivity contribution in [3.63, 3.8) is 0 Å². The minimum atomic E-state index is 1.08. The highest BCUT2D eigenvalue weighted by atomic mass is 15.1. The van der Waals surface area contributed by atoms with Crippen LogP contribution in [0.15, 0.2) is 279 Å². The molecule has 0 saturated carbocycles. The summed E-state index contributed by atoms with van der Waals surface area (Å²) in [5, 5.41) is 4.95. The van der Waals surface area contributed by atoms with Gasteiger partial charge in [0.1, 0.15) is 0 Å². The van der Waals surface area contributed by atoms with Gasteiger partial charge in [0.2, 0.25) is 0 Å². The van der Waals surface area contributed by atoms with E-state index in [1.165, 1.54) is 99.3 Å². The number of allylic oxidation sites excluding steroid dienone is 4. The zero-order valence-corrected chi connectivity index (χ0v) is 39.9. The molecule has 13 rings (SSSR count). The molecule has 0 amide bonds. The van der Waals surface area contributed by atoms with Gasteiger partial charge in [0, 0.05) is 33.4 Å². The molecule has 2 nitrogen and oxygen atoms in total. The van der Waals surface area contributed by atoms with E-state index >= 15 is 0 Å². The Morgan fingerprint density at radius 3 is 1.33 bits per heavy atom. The predicted octanol–water partition coefficient (Wildman–Crippen LogP) is 19.5. The lowest BCUT2D eigenvalue weighted by molar-refractivity contribution is 1.04. The minimum Gasteiger partial charge on any atom is -0.310 e. The smallest absolute Gasteiger partial charge is 0.0541 e. The second kappa shape index (κ2) is 18.6. The van der Waals surface area contributed by atoms with Gasteiger partial charge in [-0.2, -0.15) is 0 Å². The number of benzene rings is 11. The van der Waals surface area contributed by atoms with Crippen LogP contribution in [0.1, 0.15) is 18.4 Å². The molecule has 1 heterocycles. The van der Waals surface area contributed by atoms with Gasteiger partial charge in [0.15, 0.2) is 0 Å². The molecule has 0 unspecified atom stereocenters. The van der Waals surface area contributed by atoms with Gasteiger partial charge in [-0.25, -0.2) is 0 Å². The molecule has 1 aliphatic carbocycles. The molecule has 340 valence electrons. The fourth-order valence-corrected chi connectivity index (χ4v) is 10.7. The van der Waals surface area contributed by atoms with E-state index < -0.39 is 0 Å². The number of aromatic nitrogens is 1. The van der Waals surface area contributed by atoms with Gasteiger partial charge in [-0.1, -0.05) is 212 Å². The standard InChI is InChI=1S/C70H50N2/c1-4-14-49(15-5-1)53-24-26-54(27-25-53)56-32-39-62(40-33-56)71(64-43-36-52-20-10-11-21-59(52)46-64)63-41-34-57(35-42-63)55-28-30-58(31-29-55)65-22-12-13-23-68(65)72-69-44-37-60(50-16-6-2-7-17-50)47-66(69)67-48-61(38-45-70(67)72)51-18-8-3-9-19-51/h1-2,4-8,10-48H,3,9H2. The molecule has 12 aromatic rings. The van der Waals surface area contributed by atoms with E-state index in [2.05, 4.69) is 289 Å². The average Bonchev–Trinajstić information content (AvgIpc) is 3.79. The van der Waals surface area contributed by atoms with E-state index in [4.69, 9.17) is 0 Å². The number of para-hydroxylation sites is 1. The molecule has 0 fully saturated rings. The number of fused-ring (bicyclic) bond motifs is 4. The lowest BCUT2D eigenvalue weighted by Crippen LogP contribution is -2.09. The number of hydrogen-bond donors (Lipinski definition) is 0. The monoisotopic (exact) mass is 918 g/mol. The van der Waals surface area contributed by atoms with E-state index in [-0.39, 0.29) is 0 Å². The molecule has 0 N–H and O–H groups in total. The summed E-state index contributed by atoms with van der Waals surface area (Å²) < 4.78 is 2.47. The van der Waals surface area contributed by atoms with Crippen molar-refractivity contribution in [1.82, 2.24) is 4.57 Å². The Kier molecular flexibility index (Phi) is 11.1. The van der Waals surface area contributed by atoms with E-state index in [1.807, 2.05) is 0 Å². The van der Waals surface area contributed by atoms with Crippen LogP contribution in [0.4, 0.5) is 17.1 Å². The van der Waals surface area contributed by atoms with Crippen LogP contribution >= 0.6 is 0 Å². The molecule has 0 spiro atoms. The molecule has 0 atom stereocenters. The maximum atomic E-state index is 2.47. The van der Waals surface area contributed by atoms with Crippen LogP contribution in [0.25, 0.3) is 99.5 Å². The molecule has 1 aliphatic rings. The first-order valence-electron chi connectivity index (χ1n) is 25.0. The summed E-state index contributed by atoms with van der Waals surface area (Å²) in [5.41, 5.74) is 21.4. The number of nitrogens with zero attached hydrogens (tertiary/aromatic N) is 2. The topological polar surface area (TPSA) is 8.17 Å². The maximum absolute atomic E-state index is 2.47. The van der Waals surface area contributed by atoms with Crippen LogP contribution in [-0.4, -0.2) is 4.57 Å². The fourth-order valence-electron chi connectivity index (χ4n) is 10.7. The van der Waals surface area contributed by atoms with Crippen molar-refractivity contribution in [3.8, 4) is 61.3 Å². The van der Waals surface area contributed by atoms with Gasteiger partial charge in [-0.05, 0) is 152 Å². The number of rotatable bonds is 10. The lowest BCUT2D eigenvalue weighted by atomic mass is 9.97. The Morgan fingerprint density at radius 2 is 0.750 bits per heavy atom. The summed E-state index contributed by atoms with van der Waals surface area (Å²) in [6.07, 6.45) is 9.12. The van der Waals surface area contributed by atoms with Crippen molar-refractivity contribution in [2.24, 2.45) is 0 Å². The van der Waals surface area contributed by atoms with E-state index in [0.29, 0.717) is 0 Å². The lowest BCUT2D eigenvalue weighted by Gasteiger charge is -2.26. The molecule has 0 bridgehead atoms. The zero-order chi connectivity index (χ0) is 47.8. The molecule has 0 saturated heterocycles. The van der Waals surface area contributed by atoms with Crippen molar-refractivity contribution >= 4 is 55.2 Å². The normalized spacial score (nSPS) is 12.4. The second-order valence-electron chi connectivity index (χ2n) is 18.8. The summed E-state index contributed by atoms with van der Waals surface area (Å²) in [6, 6.07) is 95.4. The van der Waals surface area contributed by atoms with E-state index in [0.717, 1.165) is 35.6 Å². The van der Waals surface area contributed by atoms with Crippen LogP contribution < -0.4 is 4.90 Å². The largest absolute Gasteiger partial charge is 0.310 e. The first-order chi connectivity index (χ1) is 35.7. The molecular formula is C70H50N2. The highest BCUT2D eigenvalue weighted by Gasteiger charge is 2.19. The third-order valence-corrected chi connectivity index (χ3v) is 14.4. The van der Waals surface area contributed by atoms with Gasteiger partial charge >= 0.3 is 0 Å². The zero-order valence-electron chi connectivity index (χ0n) is 39.9. The highest BCUT2D eigenvalue weighted by Crippen LogP contribution is 2.42. The molecule has 72 heavy (non-hydrogen) atoms. The van der Waals surface area contributed by atoms with Crippen LogP contribution in [0.2, 0.25) is 0 Å². The second-order valence-corrected chi connectivity index (χ2v) is 18.8. The van der Waals surface area contributed by atoms with Gasteiger partial charge in [0.25, 0.3) is 0 Å². The maximum Gasteiger partial charge on any atom is 0.0541 e. The Balaban J connectivity index is 0.829. The van der Waals surface area contributed by atoms with Crippen LogP contribution in [0, 0.1) is 0 Å². The van der Waals surface area contributed by atoms with Gasteiger partial charge in [-0.15, -0.1) is 0 Å². The molecule has 1 aromatic heterocycles. The molecular weight excluding hydrogens is 869 g/mol. The first-order valence-corrected chi connectivity index (χ1v) is 25.0. The van der Waals surface area contributed by atoms with Crippen LogP contribution in [-0.2, 0) is 0 Å². The Bertz CT molecular complexity index is 3970. The third kappa shape index (κ3) is 8.09. The summed E-state index contributed by atoms with van der Waals surface area (Å²) in [4.78, 5) is 2.36. The SMILES string of the molecule is C1=CC(c2ccc3c(c2)c2cc(-c4ccccc4)ccc2n3-c2ccccc2-c2ccc(-c3ccc(N(c4ccc(-c5ccc(-c6ccccc6)cc5)cc4)c4ccc5ccccc5c4)cc3)cc2)=CCC1. The van der Waals surface area contributed by atoms with Crippen molar-refractivity contribution in [2.45, 2.75) is 12.8 Å². The van der Waals surface area contributed by atoms with Crippen LogP contribution in [0.5, 0.6) is 0 Å². The van der Waals surface area contributed by atoms with Crippen molar-refractivity contribution < 1.29 is 0 Å². The van der Waals surface area contributed by atoms with Crippen molar-refractivity contribution in [2.75, 3.05) is 4.90 Å². The quantitative estimate of drug-likeness (QED) is 0.133. The summed E-state index contributed by atoms with van der Waals surface area (Å²) in [5.74, 6) is 0. The highest BCUT2D eigenvalue weighted by molar-refractivity contribution is 6.12. The average molecular weight is 919 g/mol. The molecule has 0 aliphatic heterocycles. The molecule has 0 radical (unpaired) electrons. The van der Waals surface area contributed by atoms with Crippen molar-refractivity contribution in [3.05, 3.63) is 285 Å². The van der Waals surface area contributed by atoms with Crippen molar-refractivity contribution in [1.29, 1.82) is 0 Å². The van der Waals surface area contributed by atoms with Gasteiger partial charge < -0.3 is 9.47 Å². The Morgan fingerprint density at radius 1 is 0.306 bits per heavy atom. The van der Waals surface area contributed by atoms with Gasteiger partial charge in [-0.3, -0.25) is 0 Å². The van der Waals surface area contributed by atoms with Crippen LogP contribution in [0.3, 0.4) is 0 Å². The summed E-state index contributed by atoms with van der Waals surface area (Å²) >= 11 is 0. The fraction of sp³-hybridized carbons (Fsp3) is 0.0286. The Labute approximate surface area is 421 Å². The van der Waals surface area contributed by atoms with Gasteiger partial charge in [0.05, 0.1) is 16.7 Å².